The third-order valence-electron chi connectivity index (χ3n) is 5.09. The predicted molar refractivity (Wildman–Crippen MR) is 92.3 cm³/mol. The SMILES string of the molecule is Cc1ccc(OC2(C(=O)O)CCN(C(=O)[C@@H]3CC=CCC3)CC2)cn1. The zero-order valence-electron chi connectivity index (χ0n) is 14.5. The van der Waals surface area contributed by atoms with Gasteiger partial charge in [0.1, 0.15) is 5.75 Å². The summed E-state index contributed by atoms with van der Waals surface area (Å²) in [6.07, 6.45) is 8.88. The van der Waals surface area contributed by atoms with Crippen LogP contribution in [0.1, 0.15) is 37.8 Å². The van der Waals surface area contributed by atoms with Crippen molar-refractivity contribution in [1.82, 2.24) is 9.88 Å². The molecule has 3 rings (SSSR count). The number of carbonyl (C=O) groups excluding carboxylic acids is 1. The van der Waals surface area contributed by atoms with Crippen LogP contribution in [0.25, 0.3) is 0 Å². The van der Waals surface area contributed by atoms with E-state index < -0.39 is 11.6 Å². The Kier molecular flexibility index (Phi) is 5.06. The lowest BCUT2D eigenvalue weighted by atomic mass is 9.88. The Bertz CT molecular complexity index is 661. The highest BCUT2D eigenvalue weighted by Gasteiger charge is 2.45. The Morgan fingerprint density at radius 1 is 1.28 bits per heavy atom. The average Bonchev–Trinajstić information content (AvgIpc) is 2.64. The molecule has 0 saturated carbocycles. The first kappa shape index (κ1) is 17.5. The molecule has 2 aliphatic rings. The predicted octanol–water partition coefficient (Wildman–Crippen LogP) is 2.57. The van der Waals surface area contributed by atoms with E-state index in [9.17, 15) is 14.7 Å². The smallest absolute Gasteiger partial charge is 0.348 e. The van der Waals surface area contributed by atoms with Crippen LogP contribution >= 0.6 is 0 Å². The van der Waals surface area contributed by atoms with E-state index >= 15 is 0 Å². The zero-order chi connectivity index (χ0) is 17.9. The fourth-order valence-electron chi connectivity index (χ4n) is 3.46. The summed E-state index contributed by atoms with van der Waals surface area (Å²) in [6, 6.07) is 3.53. The molecule has 1 saturated heterocycles. The van der Waals surface area contributed by atoms with E-state index in [1.165, 1.54) is 0 Å². The maximum atomic E-state index is 12.6. The summed E-state index contributed by atoms with van der Waals surface area (Å²) in [6.45, 7) is 2.68. The Labute approximate surface area is 147 Å². The molecule has 0 unspecified atom stereocenters. The molecule has 1 aliphatic heterocycles. The number of ether oxygens (including phenoxy) is 1. The van der Waals surface area contributed by atoms with Gasteiger partial charge in [-0.3, -0.25) is 9.78 Å². The lowest BCUT2D eigenvalue weighted by molar-refractivity contribution is -0.162. The van der Waals surface area contributed by atoms with Crippen LogP contribution in [-0.2, 0) is 9.59 Å². The van der Waals surface area contributed by atoms with Gasteiger partial charge in [0.25, 0.3) is 0 Å². The van der Waals surface area contributed by atoms with Crippen LogP contribution in [0.5, 0.6) is 5.75 Å². The summed E-state index contributed by atoms with van der Waals surface area (Å²) in [5, 5.41) is 9.72. The van der Waals surface area contributed by atoms with E-state index in [4.69, 9.17) is 4.74 Å². The lowest BCUT2D eigenvalue weighted by Crippen LogP contribution is -2.55. The normalized spacial score (nSPS) is 22.4. The molecule has 1 aromatic heterocycles. The second kappa shape index (κ2) is 7.25. The van der Waals surface area contributed by atoms with Crippen LogP contribution in [0, 0.1) is 12.8 Å². The highest BCUT2D eigenvalue weighted by atomic mass is 16.5. The van der Waals surface area contributed by atoms with Crippen LogP contribution < -0.4 is 4.74 Å². The van der Waals surface area contributed by atoms with Crippen LogP contribution in [0.2, 0.25) is 0 Å². The van der Waals surface area contributed by atoms with E-state index in [2.05, 4.69) is 17.1 Å². The number of aryl methyl sites for hydroxylation is 1. The molecule has 1 amide bonds. The van der Waals surface area contributed by atoms with Gasteiger partial charge in [-0.15, -0.1) is 0 Å². The molecule has 0 spiro atoms. The number of likely N-dealkylation sites (tertiary alicyclic amines) is 1. The molecular formula is C19H24N2O4. The summed E-state index contributed by atoms with van der Waals surface area (Å²) in [4.78, 5) is 30.4. The van der Waals surface area contributed by atoms with E-state index in [1.807, 2.05) is 6.92 Å². The number of aliphatic carboxylic acids is 1. The minimum Gasteiger partial charge on any atom is -0.478 e. The summed E-state index contributed by atoms with van der Waals surface area (Å²) in [5.74, 6) is -0.365. The fraction of sp³-hybridized carbons (Fsp3) is 0.526. The van der Waals surface area contributed by atoms with Crippen LogP contribution in [0.3, 0.4) is 0 Å². The van der Waals surface area contributed by atoms with Crippen molar-refractivity contribution >= 4 is 11.9 Å². The van der Waals surface area contributed by atoms with E-state index in [0.717, 1.165) is 25.0 Å². The van der Waals surface area contributed by atoms with Crippen molar-refractivity contribution < 1.29 is 19.4 Å². The van der Waals surface area contributed by atoms with Gasteiger partial charge in [-0.05, 0) is 38.3 Å². The van der Waals surface area contributed by atoms with Crippen molar-refractivity contribution in [3.63, 3.8) is 0 Å². The van der Waals surface area contributed by atoms with Gasteiger partial charge in [-0.1, -0.05) is 12.2 Å². The largest absolute Gasteiger partial charge is 0.478 e. The summed E-state index contributed by atoms with van der Waals surface area (Å²) < 4.78 is 5.82. The number of carboxylic acid groups (broad SMARTS) is 1. The van der Waals surface area contributed by atoms with Crippen LogP contribution in [0.15, 0.2) is 30.5 Å². The number of carbonyl (C=O) groups is 2. The summed E-state index contributed by atoms with van der Waals surface area (Å²) in [5.41, 5.74) is -0.445. The van der Waals surface area contributed by atoms with Gasteiger partial charge in [0, 0.05) is 37.5 Å². The first-order valence-electron chi connectivity index (χ1n) is 8.79. The number of amides is 1. The Morgan fingerprint density at radius 3 is 2.60 bits per heavy atom. The van der Waals surface area contributed by atoms with Gasteiger partial charge >= 0.3 is 5.97 Å². The van der Waals surface area contributed by atoms with Crippen molar-refractivity contribution in [3.8, 4) is 5.75 Å². The molecule has 6 heteroatoms. The number of piperidine rings is 1. The van der Waals surface area contributed by atoms with Crippen molar-refractivity contribution in [2.45, 2.75) is 44.6 Å². The molecule has 1 fully saturated rings. The first-order chi connectivity index (χ1) is 12.0. The van der Waals surface area contributed by atoms with Crippen LogP contribution in [0.4, 0.5) is 0 Å². The molecule has 2 heterocycles. The van der Waals surface area contributed by atoms with Gasteiger partial charge in [-0.25, -0.2) is 4.79 Å². The average molecular weight is 344 g/mol. The zero-order valence-corrected chi connectivity index (χ0v) is 14.5. The molecule has 25 heavy (non-hydrogen) atoms. The van der Waals surface area contributed by atoms with Gasteiger partial charge in [0.15, 0.2) is 0 Å². The third-order valence-corrected chi connectivity index (χ3v) is 5.09. The number of rotatable bonds is 4. The number of nitrogens with zero attached hydrogens (tertiary/aromatic N) is 2. The highest BCUT2D eigenvalue weighted by molar-refractivity contribution is 5.81. The maximum Gasteiger partial charge on any atom is 0.348 e. The second-order valence-corrected chi connectivity index (χ2v) is 6.84. The molecular weight excluding hydrogens is 320 g/mol. The maximum absolute atomic E-state index is 12.6. The minimum atomic E-state index is -1.29. The Morgan fingerprint density at radius 2 is 2.04 bits per heavy atom. The van der Waals surface area contributed by atoms with Crippen molar-refractivity contribution in [2.75, 3.05) is 13.1 Å². The Balaban J connectivity index is 1.66. The molecule has 0 bridgehead atoms. The summed E-state index contributed by atoms with van der Waals surface area (Å²) >= 11 is 0. The summed E-state index contributed by atoms with van der Waals surface area (Å²) in [7, 11) is 0. The number of hydrogen-bond acceptors (Lipinski definition) is 4. The van der Waals surface area contributed by atoms with E-state index in [-0.39, 0.29) is 24.7 Å². The molecule has 134 valence electrons. The van der Waals surface area contributed by atoms with E-state index in [1.54, 1.807) is 23.2 Å². The molecule has 1 atom stereocenters. The number of carboxylic acids is 1. The standard InChI is InChI=1S/C19H24N2O4/c1-14-7-8-16(13-20-14)25-19(18(23)24)9-11-21(12-10-19)17(22)15-5-3-2-4-6-15/h2-3,7-8,13,15H,4-6,9-12H2,1H3,(H,23,24)/t15-/m1/s1. The minimum absolute atomic E-state index is 0.0320. The number of pyridine rings is 1. The monoisotopic (exact) mass is 344 g/mol. The van der Waals surface area contributed by atoms with Crippen molar-refractivity contribution in [1.29, 1.82) is 0 Å². The molecule has 6 nitrogen and oxygen atoms in total. The Hall–Kier alpha value is -2.37. The van der Waals surface area contributed by atoms with Gasteiger partial charge in [-0.2, -0.15) is 0 Å². The molecule has 0 radical (unpaired) electrons. The molecule has 1 aliphatic carbocycles. The topological polar surface area (TPSA) is 79.7 Å². The van der Waals surface area contributed by atoms with Gasteiger partial charge in [0.2, 0.25) is 11.5 Å². The number of allylic oxidation sites excluding steroid dienone is 2. The van der Waals surface area contributed by atoms with Crippen molar-refractivity contribution in [2.24, 2.45) is 5.92 Å². The molecule has 1 N–H and O–H groups in total. The first-order valence-corrected chi connectivity index (χ1v) is 8.79. The fourth-order valence-corrected chi connectivity index (χ4v) is 3.46. The third kappa shape index (κ3) is 3.83. The quantitative estimate of drug-likeness (QED) is 0.849. The van der Waals surface area contributed by atoms with Crippen molar-refractivity contribution in [3.05, 3.63) is 36.2 Å². The van der Waals surface area contributed by atoms with Gasteiger partial charge in [0.05, 0.1) is 6.20 Å². The van der Waals surface area contributed by atoms with E-state index in [0.29, 0.717) is 18.8 Å². The number of hydrogen-bond donors (Lipinski definition) is 1. The highest BCUT2D eigenvalue weighted by Crippen LogP contribution is 2.31. The molecule has 0 aromatic carbocycles. The van der Waals surface area contributed by atoms with Crippen LogP contribution in [-0.4, -0.2) is 45.6 Å². The number of aromatic nitrogens is 1. The second-order valence-electron chi connectivity index (χ2n) is 6.84. The lowest BCUT2D eigenvalue weighted by Gasteiger charge is -2.40. The molecule has 1 aromatic rings. The van der Waals surface area contributed by atoms with Gasteiger partial charge < -0.3 is 14.7 Å².